The van der Waals surface area contributed by atoms with E-state index < -0.39 is 0 Å². The van der Waals surface area contributed by atoms with Gasteiger partial charge in [0.15, 0.2) is 0 Å². The second kappa shape index (κ2) is 9.32. The number of carbonyl (C=O) groups excluding carboxylic acids is 1. The number of hydrogen-bond donors (Lipinski definition) is 1. The average molecular weight is 389 g/mol. The predicted octanol–water partition coefficient (Wildman–Crippen LogP) is 4.76. The molecular formula is C24H28N4O. The van der Waals surface area contributed by atoms with Crippen molar-refractivity contribution < 1.29 is 4.79 Å². The van der Waals surface area contributed by atoms with Gasteiger partial charge in [-0.25, -0.2) is 9.97 Å². The average Bonchev–Trinajstić information content (AvgIpc) is 2.71. The summed E-state index contributed by atoms with van der Waals surface area (Å²) in [4.78, 5) is 23.9. The van der Waals surface area contributed by atoms with E-state index >= 15 is 0 Å². The van der Waals surface area contributed by atoms with E-state index in [2.05, 4.69) is 46.5 Å². The van der Waals surface area contributed by atoms with Crippen LogP contribution in [0.4, 0.5) is 5.82 Å². The molecule has 0 spiro atoms. The summed E-state index contributed by atoms with van der Waals surface area (Å²) in [5.41, 5.74) is 3.89. The van der Waals surface area contributed by atoms with Gasteiger partial charge in [0.05, 0.1) is 0 Å². The minimum atomic E-state index is -0.0901. The lowest BCUT2D eigenvalue weighted by Crippen LogP contribution is -2.37. The van der Waals surface area contributed by atoms with E-state index in [1.54, 1.807) is 6.07 Å². The van der Waals surface area contributed by atoms with Crippen molar-refractivity contribution in [2.24, 2.45) is 0 Å². The molecule has 0 saturated heterocycles. The number of hydrogen-bond acceptors (Lipinski definition) is 4. The SMILES string of the molecule is Cc1ccc(CNc2cc(C(=O)N(Cc3ccccc3)C(C)C)nc(C)n2)cc1. The highest BCUT2D eigenvalue weighted by atomic mass is 16.2. The quantitative estimate of drug-likeness (QED) is 0.634. The first kappa shape index (κ1) is 20.5. The summed E-state index contributed by atoms with van der Waals surface area (Å²) in [5, 5.41) is 3.31. The van der Waals surface area contributed by atoms with Crippen molar-refractivity contribution >= 4 is 11.7 Å². The van der Waals surface area contributed by atoms with Gasteiger partial charge in [0.1, 0.15) is 17.3 Å². The molecule has 5 heteroatoms. The Kier molecular flexibility index (Phi) is 6.60. The van der Waals surface area contributed by atoms with Crippen LogP contribution in [0.25, 0.3) is 0 Å². The summed E-state index contributed by atoms with van der Waals surface area (Å²) in [5.74, 6) is 1.14. The molecule has 3 rings (SSSR count). The highest BCUT2D eigenvalue weighted by Crippen LogP contribution is 2.15. The Labute approximate surface area is 172 Å². The van der Waals surface area contributed by atoms with Crippen LogP contribution < -0.4 is 5.32 Å². The number of benzene rings is 2. The van der Waals surface area contributed by atoms with Gasteiger partial charge in [-0.1, -0.05) is 60.2 Å². The van der Waals surface area contributed by atoms with Gasteiger partial charge in [0, 0.05) is 25.2 Å². The molecule has 0 aliphatic heterocycles. The standard InChI is InChI=1S/C24H28N4O/c1-17(2)28(16-21-8-6-5-7-9-21)24(29)22-14-23(27-19(4)26-22)25-15-20-12-10-18(3)11-13-20/h5-14,17H,15-16H2,1-4H3,(H,25,26,27). The zero-order valence-corrected chi connectivity index (χ0v) is 17.5. The normalized spacial score (nSPS) is 10.8. The summed E-state index contributed by atoms with van der Waals surface area (Å²) in [6.45, 7) is 9.11. The summed E-state index contributed by atoms with van der Waals surface area (Å²) >= 11 is 0. The highest BCUT2D eigenvalue weighted by Gasteiger charge is 2.21. The summed E-state index contributed by atoms with van der Waals surface area (Å²) < 4.78 is 0. The van der Waals surface area contributed by atoms with Gasteiger partial charge in [-0.05, 0) is 38.8 Å². The fourth-order valence-corrected chi connectivity index (χ4v) is 3.08. The van der Waals surface area contributed by atoms with E-state index in [1.165, 1.54) is 5.56 Å². The van der Waals surface area contributed by atoms with Crippen molar-refractivity contribution in [3.8, 4) is 0 Å². The van der Waals surface area contributed by atoms with E-state index in [4.69, 9.17) is 0 Å². The third-order valence-corrected chi connectivity index (χ3v) is 4.73. The summed E-state index contributed by atoms with van der Waals surface area (Å²) in [6.07, 6.45) is 0. The Balaban J connectivity index is 1.77. The van der Waals surface area contributed by atoms with Crippen LogP contribution in [0, 0.1) is 13.8 Å². The molecule has 1 amide bonds. The van der Waals surface area contributed by atoms with Crippen molar-refractivity contribution in [1.29, 1.82) is 0 Å². The van der Waals surface area contributed by atoms with Crippen molar-refractivity contribution in [2.75, 3.05) is 5.32 Å². The van der Waals surface area contributed by atoms with Crippen molar-refractivity contribution in [2.45, 2.75) is 46.8 Å². The van der Waals surface area contributed by atoms with Crippen LogP contribution in [-0.4, -0.2) is 26.8 Å². The molecular weight excluding hydrogens is 360 g/mol. The van der Waals surface area contributed by atoms with Crippen LogP contribution >= 0.6 is 0 Å². The topological polar surface area (TPSA) is 58.1 Å². The maximum absolute atomic E-state index is 13.2. The number of nitrogens with zero attached hydrogens (tertiary/aromatic N) is 3. The van der Waals surface area contributed by atoms with E-state index in [1.807, 2.05) is 56.0 Å². The number of rotatable bonds is 7. The van der Waals surface area contributed by atoms with Crippen LogP contribution in [0.1, 0.15) is 46.9 Å². The molecule has 1 heterocycles. The predicted molar refractivity (Wildman–Crippen MR) is 117 cm³/mol. The van der Waals surface area contributed by atoms with E-state index in [-0.39, 0.29) is 11.9 Å². The van der Waals surface area contributed by atoms with Crippen molar-refractivity contribution in [3.05, 3.63) is 88.9 Å². The molecule has 0 aliphatic rings. The molecule has 29 heavy (non-hydrogen) atoms. The fourth-order valence-electron chi connectivity index (χ4n) is 3.08. The van der Waals surface area contributed by atoms with E-state index in [9.17, 15) is 4.79 Å². The van der Waals surface area contributed by atoms with Crippen LogP contribution in [0.3, 0.4) is 0 Å². The third kappa shape index (κ3) is 5.64. The molecule has 0 saturated carbocycles. The van der Waals surface area contributed by atoms with E-state index in [0.717, 1.165) is 11.1 Å². The minimum Gasteiger partial charge on any atom is -0.366 e. The Morgan fingerprint density at radius 2 is 1.66 bits per heavy atom. The molecule has 0 unspecified atom stereocenters. The van der Waals surface area contributed by atoms with Gasteiger partial charge in [-0.15, -0.1) is 0 Å². The molecule has 2 aromatic carbocycles. The first-order valence-corrected chi connectivity index (χ1v) is 9.92. The number of aryl methyl sites for hydroxylation is 2. The first-order valence-electron chi connectivity index (χ1n) is 9.92. The van der Waals surface area contributed by atoms with Gasteiger partial charge in [0.2, 0.25) is 0 Å². The van der Waals surface area contributed by atoms with Crippen LogP contribution in [-0.2, 0) is 13.1 Å². The molecule has 0 radical (unpaired) electrons. The second-order valence-corrected chi connectivity index (χ2v) is 7.54. The molecule has 5 nitrogen and oxygen atoms in total. The second-order valence-electron chi connectivity index (χ2n) is 7.54. The maximum atomic E-state index is 13.2. The lowest BCUT2D eigenvalue weighted by Gasteiger charge is -2.26. The molecule has 0 bridgehead atoms. The van der Waals surface area contributed by atoms with Gasteiger partial charge in [0.25, 0.3) is 5.91 Å². The van der Waals surface area contributed by atoms with Gasteiger partial charge < -0.3 is 10.2 Å². The first-order chi connectivity index (χ1) is 13.9. The fraction of sp³-hybridized carbons (Fsp3) is 0.292. The molecule has 0 atom stereocenters. The minimum absolute atomic E-state index is 0.0574. The molecule has 1 N–H and O–H groups in total. The Hall–Kier alpha value is -3.21. The van der Waals surface area contributed by atoms with Gasteiger partial charge in [-0.2, -0.15) is 0 Å². The number of anilines is 1. The number of carbonyl (C=O) groups is 1. The van der Waals surface area contributed by atoms with Crippen LogP contribution in [0.2, 0.25) is 0 Å². The van der Waals surface area contributed by atoms with Gasteiger partial charge >= 0.3 is 0 Å². The molecule has 150 valence electrons. The van der Waals surface area contributed by atoms with Gasteiger partial charge in [-0.3, -0.25) is 4.79 Å². The molecule has 0 aliphatic carbocycles. The highest BCUT2D eigenvalue weighted by molar-refractivity contribution is 5.93. The maximum Gasteiger partial charge on any atom is 0.273 e. The smallest absolute Gasteiger partial charge is 0.273 e. The van der Waals surface area contributed by atoms with Crippen LogP contribution in [0.15, 0.2) is 60.7 Å². The van der Waals surface area contributed by atoms with Crippen molar-refractivity contribution in [1.82, 2.24) is 14.9 Å². The number of amides is 1. The molecule has 1 aromatic heterocycles. The lowest BCUT2D eigenvalue weighted by molar-refractivity contribution is 0.0684. The largest absolute Gasteiger partial charge is 0.366 e. The van der Waals surface area contributed by atoms with E-state index in [0.29, 0.717) is 30.4 Å². The Morgan fingerprint density at radius 1 is 0.966 bits per heavy atom. The Morgan fingerprint density at radius 3 is 2.31 bits per heavy atom. The molecule has 0 fully saturated rings. The number of aromatic nitrogens is 2. The summed E-state index contributed by atoms with van der Waals surface area (Å²) in [7, 11) is 0. The zero-order valence-electron chi connectivity index (χ0n) is 17.5. The van der Waals surface area contributed by atoms with Crippen LogP contribution in [0.5, 0.6) is 0 Å². The van der Waals surface area contributed by atoms with Crippen molar-refractivity contribution in [3.63, 3.8) is 0 Å². The number of nitrogens with one attached hydrogen (secondary N) is 1. The lowest BCUT2D eigenvalue weighted by atomic mass is 10.1. The zero-order chi connectivity index (χ0) is 20.8. The summed E-state index contributed by atoms with van der Waals surface area (Å²) in [6, 6.07) is 20.1. The molecule has 3 aromatic rings. The third-order valence-electron chi connectivity index (χ3n) is 4.73. The monoisotopic (exact) mass is 388 g/mol. The Bertz CT molecular complexity index is 952.